The van der Waals surface area contributed by atoms with Gasteiger partial charge in [-0.15, -0.1) is 0 Å². The number of nitrogens with one attached hydrogen (secondary N) is 2. The molecule has 11 heteroatoms. The highest BCUT2D eigenvalue weighted by molar-refractivity contribution is 5.72. The van der Waals surface area contributed by atoms with Crippen LogP contribution in [0.2, 0.25) is 0 Å². The molecule has 7 nitrogen and oxygen atoms in total. The van der Waals surface area contributed by atoms with Crippen LogP contribution in [0.5, 0.6) is 0 Å². The molecule has 0 atom stereocenters. The predicted octanol–water partition coefficient (Wildman–Crippen LogP) is 2.75. The molecule has 0 aliphatic rings. The molecule has 3 N–H and O–H groups in total. The third kappa shape index (κ3) is 4.54. The van der Waals surface area contributed by atoms with Gasteiger partial charge in [-0.05, 0) is 12.1 Å². The third-order valence-corrected chi connectivity index (χ3v) is 2.80. The number of hydrogen-bond donors (Lipinski definition) is 3. The molecule has 2 aromatic rings. The fourth-order valence-electron chi connectivity index (χ4n) is 1.77. The Hall–Kier alpha value is -3.42. The molecule has 130 valence electrons. The number of rotatable bonds is 5. The lowest BCUT2D eigenvalue weighted by Crippen LogP contribution is -2.17. The molecule has 1 aromatic heterocycles. The Kier molecular flexibility index (Phi) is 5.02. The molecule has 0 radical (unpaired) electrons. The molecule has 1 aromatic carbocycles. The molecule has 0 spiro atoms. The molecule has 0 saturated carbocycles. The minimum Gasteiger partial charge on any atom is -0.480 e. The first-order chi connectivity index (χ1) is 11.7. The van der Waals surface area contributed by atoms with Crippen LogP contribution in [-0.4, -0.2) is 27.6 Å². The van der Waals surface area contributed by atoms with Crippen molar-refractivity contribution in [2.45, 2.75) is 6.18 Å². The van der Waals surface area contributed by atoms with Crippen LogP contribution < -0.4 is 10.6 Å². The van der Waals surface area contributed by atoms with Crippen LogP contribution in [0.3, 0.4) is 0 Å². The van der Waals surface area contributed by atoms with Crippen molar-refractivity contribution in [3.8, 4) is 6.07 Å². The highest BCUT2D eigenvalue weighted by Gasteiger charge is 2.34. The topological polar surface area (TPSA) is 111 Å². The quantitative estimate of drug-likeness (QED) is 0.707. The largest absolute Gasteiger partial charge is 0.480 e. The minimum absolute atomic E-state index is 0.0986. The molecule has 0 aliphatic carbocycles. The average molecular weight is 355 g/mol. The lowest BCUT2D eigenvalue weighted by atomic mass is 10.2. The number of carboxylic acids is 1. The molecular formula is C14H9F4N5O2. The Morgan fingerprint density at radius 3 is 2.64 bits per heavy atom. The maximum absolute atomic E-state index is 13.6. The van der Waals surface area contributed by atoms with E-state index in [4.69, 9.17) is 10.4 Å². The monoisotopic (exact) mass is 355 g/mol. The number of aliphatic carboxylic acids is 1. The van der Waals surface area contributed by atoms with E-state index >= 15 is 0 Å². The van der Waals surface area contributed by atoms with Gasteiger partial charge in [0, 0.05) is 6.07 Å². The van der Waals surface area contributed by atoms with Crippen molar-refractivity contribution in [3.05, 3.63) is 41.3 Å². The van der Waals surface area contributed by atoms with Crippen molar-refractivity contribution in [2.24, 2.45) is 0 Å². The summed E-state index contributed by atoms with van der Waals surface area (Å²) < 4.78 is 52.3. The Morgan fingerprint density at radius 2 is 2.04 bits per heavy atom. The van der Waals surface area contributed by atoms with Crippen molar-refractivity contribution >= 4 is 23.4 Å². The SMILES string of the molecule is N#Cc1c(F)cccc1Nc1cc(C(F)(F)F)nc(NCC(=O)O)n1. The second-order valence-electron chi connectivity index (χ2n) is 4.61. The van der Waals surface area contributed by atoms with Crippen LogP contribution in [0.4, 0.5) is 35.0 Å². The number of hydrogen-bond acceptors (Lipinski definition) is 6. The number of alkyl halides is 3. The summed E-state index contributed by atoms with van der Waals surface area (Å²) in [6.07, 6.45) is -4.82. The van der Waals surface area contributed by atoms with E-state index in [1.807, 2.05) is 0 Å². The van der Waals surface area contributed by atoms with Crippen molar-refractivity contribution in [2.75, 3.05) is 17.2 Å². The lowest BCUT2D eigenvalue weighted by molar-refractivity contribution is -0.141. The summed E-state index contributed by atoms with van der Waals surface area (Å²) in [6, 6.07) is 5.70. The maximum Gasteiger partial charge on any atom is 0.433 e. The standard InChI is InChI=1S/C14H9F4N5O2/c15-8-2-1-3-9(7(8)5-19)21-11-4-10(14(16,17)18)22-13(23-11)20-6-12(24)25/h1-4H,6H2,(H,24,25)(H2,20,21,22,23). The van der Waals surface area contributed by atoms with Gasteiger partial charge in [-0.2, -0.15) is 23.4 Å². The molecule has 0 aliphatic heterocycles. The molecule has 25 heavy (non-hydrogen) atoms. The summed E-state index contributed by atoms with van der Waals surface area (Å²) in [5.41, 5.74) is -1.85. The van der Waals surface area contributed by atoms with Crippen molar-refractivity contribution in [1.82, 2.24) is 9.97 Å². The van der Waals surface area contributed by atoms with Crippen molar-refractivity contribution in [1.29, 1.82) is 5.26 Å². The first kappa shape index (κ1) is 17.9. The molecule has 0 unspecified atom stereocenters. The molecule has 2 rings (SSSR count). The number of anilines is 3. The molecule has 0 bridgehead atoms. The molecular weight excluding hydrogens is 346 g/mol. The number of carboxylic acid groups (broad SMARTS) is 1. The maximum atomic E-state index is 13.6. The first-order valence-electron chi connectivity index (χ1n) is 6.58. The summed E-state index contributed by atoms with van der Waals surface area (Å²) in [5.74, 6) is -3.17. The van der Waals surface area contributed by atoms with Gasteiger partial charge in [0.15, 0.2) is 5.69 Å². The Balaban J connectivity index is 2.43. The number of nitriles is 1. The summed E-state index contributed by atoms with van der Waals surface area (Å²) in [6.45, 7) is -0.704. The summed E-state index contributed by atoms with van der Waals surface area (Å²) in [4.78, 5) is 17.4. The van der Waals surface area contributed by atoms with Crippen LogP contribution in [-0.2, 0) is 11.0 Å². The van der Waals surface area contributed by atoms with E-state index < -0.39 is 47.5 Å². The zero-order chi connectivity index (χ0) is 18.6. The number of nitrogens with zero attached hydrogens (tertiary/aromatic N) is 3. The second-order valence-corrected chi connectivity index (χ2v) is 4.61. The molecule has 0 fully saturated rings. The van der Waals surface area contributed by atoms with Crippen LogP contribution in [0, 0.1) is 17.1 Å². The normalized spacial score (nSPS) is 10.8. The molecule has 0 saturated heterocycles. The van der Waals surface area contributed by atoms with Crippen LogP contribution in [0.25, 0.3) is 0 Å². The zero-order valence-corrected chi connectivity index (χ0v) is 12.2. The van der Waals surface area contributed by atoms with E-state index in [-0.39, 0.29) is 5.69 Å². The minimum atomic E-state index is -4.82. The summed E-state index contributed by atoms with van der Waals surface area (Å²) >= 11 is 0. The first-order valence-corrected chi connectivity index (χ1v) is 6.58. The van der Waals surface area contributed by atoms with Gasteiger partial charge in [0.2, 0.25) is 5.95 Å². The van der Waals surface area contributed by atoms with Gasteiger partial charge in [0.05, 0.1) is 5.69 Å². The van der Waals surface area contributed by atoms with Crippen molar-refractivity contribution < 1.29 is 27.5 Å². The second kappa shape index (κ2) is 7.00. The Morgan fingerprint density at radius 1 is 1.32 bits per heavy atom. The van der Waals surface area contributed by atoms with Gasteiger partial charge < -0.3 is 15.7 Å². The van der Waals surface area contributed by atoms with Crippen LogP contribution in [0.15, 0.2) is 24.3 Å². The van der Waals surface area contributed by atoms with Gasteiger partial charge in [-0.3, -0.25) is 4.79 Å². The van der Waals surface area contributed by atoms with Crippen LogP contribution >= 0.6 is 0 Å². The van der Waals surface area contributed by atoms with E-state index in [2.05, 4.69) is 20.6 Å². The van der Waals surface area contributed by atoms with Crippen LogP contribution in [0.1, 0.15) is 11.3 Å². The van der Waals surface area contributed by atoms with E-state index in [0.29, 0.717) is 6.07 Å². The highest BCUT2D eigenvalue weighted by atomic mass is 19.4. The van der Waals surface area contributed by atoms with Crippen molar-refractivity contribution in [3.63, 3.8) is 0 Å². The van der Waals surface area contributed by atoms with Gasteiger partial charge in [-0.25, -0.2) is 9.37 Å². The Labute approximate surface area is 137 Å². The smallest absolute Gasteiger partial charge is 0.433 e. The van der Waals surface area contributed by atoms with E-state index in [9.17, 15) is 22.4 Å². The fourth-order valence-corrected chi connectivity index (χ4v) is 1.77. The van der Waals surface area contributed by atoms with Gasteiger partial charge in [0.1, 0.15) is 29.8 Å². The highest BCUT2D eigenvalue weighted by Crippen LogP contribution is 2.31. The number of halogens is 4. The number of aromatic nitrogens is 2. The fraction of sp³-hybridized carbons (Fsp3) is 0.143. The van der Waals surface area contributed by atoms with E-state index in [0.717, 1.165) is 6.07 Å². The van der Waals surface area contributed by atoms with Gasteiger partial charge in [-0.1, -0.05) is 6.07 Å². The molecule has 1 heterocycles. The Bertz CT molecular complexity index is 848. The number of carbonyl (C=O) groups is 1. The van der Waals surface area contributed by atoms with Gasteiger partial charge in [0.25, 0.3) is 0 Å². The average Bonchev–Trinajstić information content (AvgIpc) is 2.52. The van der Waals surface area contributed by atoms with E-state index in [1.54, 1.807) is 6.07 Å². The zero-order valence-electron chi connectivity index (χ0n) is 12.2. The van der Waals surface area contributed by atoms with Gasteiger partial charge >= 0.3 is 12.1 Å². The predicted molar refractivity (Wildman–Crippen MR) is 77.6 cm³/mol. The lowest BCUT2D eigenvalue weighted by Gasteiger charge is -2.13. The number of benzene rings is 1. The summed E-state index contributed by atoms with van der Waals surface area (Å²) in [5, 5.41) is 22.0. The van der Waals surface area contributed by atoms with E-state index in [1.165, 1.54) is 12.1 Å². The third-order valence-electron chi connectivity index (χ3n) is 2.80. The summed E-state index contributed by atoms with van der Waals surface area (Å²) in [7, 11) is 0. The molecule has 0 amide bonds.